The lowest BCUT2D eigenvalue weighted by molar-refractivity contribution is -0.127. The summed E-state index contributed by atoms with van der Waals surface area (Å²) in [6.45, 7) is 2.48. The molecular formula is C9H13O5P. The minimum Gasteiger partial charge on any atom is -0.303 e. The number of ketones is 2. The summed E-state index contributed by atoms with van der Waals surface area (Å²) in [7, 11) is -1.13. The van der Waals surface area contributed by atoms with Crippen LogP contribution >= 0.6 is 7.60 Å². The Hall–Kier alpha value is -0.950. The summed E-state index contributed by atoms with van der Waals surface area (Å²) in [5, 5.41) is 0. The van der Waals surface area contributed by atoms with E-state index in [1.165, 1.54) is 28.1 Å². The van der Waals surface area contributed by atoms with Crippen molar-refractivity contribution in [1.29, 1.82) is 0 Å². The number of rotatable bonds is 4. The number of Topliss-reactive ketones (excluding diaryl/α,β-unsaturated/α-hetero) is 2. The highest BCUT2D eigenvalue weighted by molar-refractivity contribution is 7.59. The van der Waals surface area contributed by atoms with Crippen molar-refractivity contribution in [3.63, 3.8) is 0 Å². The van der Waals surface area contributed by atoms with Gasteiger partial charge in [0.2, 0.25) is 0 Å². The van der Waals surface area contributed by atoms with Crippen LogP contribution in [0.2, 0.25) is 0 Å². The van der Waals surface area contributed by atoms with Gasteiger partial charge >= 0.3 is 7.60 Å². The molecule has 0 rings (SSSR count). The maximum absolute atomic E-state index is 11.5. The molecule has 0 heterocycles. The second-order valence-electron chi connectivity index (χ2n) is 2.77. The van der Waals surface area contributed by atoms with Crippen molar-refractivity contribution in [2.45, 2.75) is 13.8 Å². The Morgan fingerprint density at radius 2 is 1.53 bits per heavy atom. The Kier molecular flexibility index (Phi) is 5.45. The highest BCUT2D eigenvalue weighted by Gasteiger charge is 2.20. The predicted octanol–water partition coefficient (Wildman–Crippen LogP) is 1.23. The summed E-state index contributed by atoms with van der Waals surface area (Å²) >= 11 is 0. The minimum atomic E-state index is -3.48. The van der Waals surface area contributed by atoms with E-state index in [1.54, 1.807) is 0 Å². The SMILES string of the molecule is COP(=O)(C#CC(C(C)=O)C(C)=O)OC. The summed E-state index contributed by atoms with van der Waals surface area (Å²) in [6, 6.07) is 0. The lowest BCUT2D eigenvalue weighted by Crippen LogP contribution is -2.17. The lowest BCUT2D eigenvalue weighted by Gasteiger charge is -2.05. The molecule has 0 aliphatic heterocycles. The van der Waals surface area contributed by atoms with Crippen molar-refractivity contribution >= 4 is 19.2 Å². The maximum Gasteiger partial charge on any atom is 0.405 e. The molecule has 0 N–H and O–H groups in total. The standard InChI is InChI=1S/C9H13O5P/c1-7(10)9(8(2)11)5-6-15(12,13-3)14-4/h9H,1-4H3. The minimum absolute atomic E-state index is 0.395. The molecule has 15 heavy (non-hydrogen) atoms. The lowest BCUT2D eigenvalue weighted by atomic mass is 10.0. The zero-order valence-corrected chi connectivity index (χ0v) is 9.96. The van der Waals surface area contributed by atoms with E-state index in [9.17, 15) is 14.2 Å². The van der Waals surface area contributed by atoms with Gasteiger partial charge in [-0.05, 0) is 13.8 Å². The van der Waals surface area contributed by atoms with Gasteiger partial charge in [-0.2, -0.15) is 0 Å². The van der Waals surface area contributed by atoms with E-state index in [0.717, 1.165) is 0 Å². The van der Waals surface area contributed by atoms with Gasteiger partial charge in [-0.1, -0.05) is 5.92 Å². The highest BCUT2D eigenvalue weighted by atomic mass is 31.2. The van der Waals surface area contributed by atoms with Crippen LogP contribution in [0.25, 0.3) is 0 Å². The third-order valence-electron chi connectivity index (χ3n) is 1.64. The molecule has 0 saturated heterocycles. The summed E-state index contributed by atoms with van der Waals surface area (Å²) in [5.74, 6) is 0.443. The molecule has 0 aliphatic carbocycles. The Bertz CT molecular complexity index is 340. The van der Waals surface area contributed by atoms with E-state index in [4.69, 9.17) is 0 Å². The predicted molar refractivity (Wildman–Crippen MR) is 54.3 cm³/mol. The average molecular weight is 232 g/mol. The van der Waals surface area contributed by atoms with Crippen LogP contribution in [0.5, 0.6) is 0 Å². The topological polar surface area (TPSA) is 69.7 Å². The van der Waals surface area contributed by atoms with E-state index in [2.05, 4.69) is 20.6 Å². The first-order valence-electron chi connectivity index (χ1n) is 4.11. The normalized spacial score (nSPS) is 10.7. The molecular weight excluding hydrogens is 219 g/mol. The van der Waals surface area contributed by atoms with Gasteiger partial charge in [-0.3, -0.25) is 9.59 Å². The van der Waals surface area contributed by atoms with Gasteiger partial charge in [0.1, 0.15) is 5.92 Å². The first-order chi connectivity index (χ1) is 6.86. The summed E-state index contributed by atoms with van der Waals surface area (Å²) in [4.78, 5) is 22.0. The fraction of sp³-hybridized carbons (Fsp3) is 0.556. The van der Waals surface area contributed by atoms with Gasteiger partial charge in [-0.15, -0.1) is 0 Å². The summed E-state index contributed by atoms with van der Waals surface area (Å²) < 4.78 is 20.5. The highest BCUT2D eigenvalue weighted by Crippen LogP contribution is 2.44. The molecule has 84 valence electrons. The van der Waals surface area contributed by atoms with E-state index < -0.39 is 25.1 Å². The van der Waals surface area contributed by atoms with Gasteiger partial charge in [0.15, 0.2) is 11.6 Å². The molecule has 5 nitrogen and oxygen atoms in total. The van der Waals surface area contributed by atoms with Crippen LogP contribution in [0.1, 0.15) is 13.8 Å². The smallest absolute Gasteiger partial charge is 0.303 e. The molecule has 0 atom stereocenters. The van der Waals surface area contributed by atoms with Gasteiger partial charge in [0.25, 0.3) is 0 Å². The van der Waals surface area contributed by atoms with Gasteiger partial charge in [-0.25, -0.2) is 4.57 Å². The van der Waals surface area contributed by atoms with Crippen LogP contribution in [0.4, 0.5) is 0 Å². The Balaban J connectivity index is 4.97. The third kappa shape index (κ3) is 4.39. The number of carbonyl (C=O) groups is 2. The Labute approximate surface area is 88.7 Å². The van der Waals surface area contributed by atoms with E-state index in [0.29, 0.717) is 0 Å². The molecule has 0 aromatic heterocycles. The molecule has 0 saturated carbocycles. The van der Waals surface area contributed by atoms with Gasteiger partial charge in [0.05, 0.1) is 0 Å². The van der Waals surface area contributed by atoms with Crippen molar-refractivity contribution in [2.24, 2.45) is 5.92 Å². The molecule has 0 bridgehead atoms. The molecule has 0 unspecified atom stereocenters. The maximum atomic E-state index is 11.5. The Morgan fingerprint density at radius 1 is 1.13 bits per heavy atom. The fourth-order valence-corrected chi connectivity index (χ4v) is 1.42. The van der Waals surface area contributed by atoms with Crippen LogP contribution in [0, 0.1) is 17.5 Å². The molecule has 0 aromatic rings. The Morgan fingerprint density at radius 3 is 1.80 bits per heavy atom. The second kappa shape index (κ2) is 5.82. The average Bonchev–Trinajstić information content (AvgIpc) is 2.16. The van der Waals surface area contributed by atoms with Crippen molar-refractivity contribution in [3.8, 4) is 11.6 Å². The quantitative estimate of drug-likeness (QED) is 0.414. The van der Waals surface area contributed by atoms with E-state index in [-0.39, 0.29) is 0 Å². The van der Waals surface area contributed by atoms with Crippen molar-refractivity contribution in [1.82, 2.24) is 0 Å². The van der Waals surface area contributed by atoms with Crippen LogP contribution < -0.4 is 0 Å². The van der Waals surface area contributed by atoms with Gasteiger partial charge < -0.3 is 9.05 Å². The van der Waals surface area contributed by atoms with Crippen LogP contribution in [0.15, 0.2) is 0 Å². The second-order valence-corrected chi connectivity index (χ2v) is 4.72. The van der Waals surface area contributed by atoms with Crippen molar-refractivity contribution in [3.05, 3.63) is 0 Å². The molecule has 6 heteroatoms. The first-order valence-corrected chi connectivity index (χ1v) is 5.65. The fourth-order valence-electron chi connectivity index (χ4n) is 0.799. The van der Waals surface area contributed by atoms with Crippen LogP contribution in [-0.4, -0.2) is 25.8 Å². The van der Waals surface area contributed by atoms with Crippen molar-refractivity contribution < 1.29 is 23.2 Å². The molecule has 0 fully saturated rings. The number of carbonyl (C=O) groups excluding carboxylic acids is 2. The third-order valence-corrected chi connectivity index (χ3v) is 3.00. The summed E-state index contributed by atoms with van der Waals surface area (Å²) in [5.41, 5.74) is 2.18. The van der Waals surface area contributed by atoms with Crippen molar-refractivity contribution in [2.75, 3.05) is 14.2 Å². The van der Waals surface area contributed by atoms with Gasteiger partial charge in [0, 0.05) is 19.9 Å². The molecule has 0 spiro atoms. The van der Waals surface area contributed by atoms with E-state index in [1.807, 2.05) is 0 Å². The number of hydrogen-bond acceptors (Lipinski definition) is 5. The molecule has 0 amide bonds. The van der Waals surface area contributed by atoms with Crippen LogP contribution in [0.3, 0.4) is 0 Å². The zero-order valence-electron chi connectivity index (χ0n) is 9.07. The largest absolute Gasteiger partial charge is 0.405 e. The zero-order chi connectivity index (χ0) is 12.1. The summed E-state index contributed by atoms with van der Waals surface area (Å²) in [6.07, 6.45) is 0. The van der Waals surface area contributed by atoms with Crippen LogP contribution in [-0.2, 0) is 23.2 Å². The molecule has 0 aliphatic rings. The monoisotopic (exact) mass is 232 g/mol. The molecule has 0 aromatic carbocycles. The number of hydrogen-bond donors (Lipinski definition) is 0. The first kappa shape index (κ1) is 14.1. The van der Waals surface area contributed by atoms with E-state index >= 15 is 0 Å². The molecule has 0 radical (unpaired) electrons.